The van der Waals surface area contributed by atoms with Crippen LogP contribution in [-0.2, 0) is 0 Å². The van der Waals surface area contributed by atoms with Crippen molar-refractivity contribution in [3.63, 3.8) is 0 Å². The number of nitrogens with zero attached hydrogens (tertiary/aromatic N) is 5. The molecule has 176 valence electrons. The van der Waals surface area contributed by atoms with Crippen LogP contribution in [0.3, 0.4) is 0 Å². The number of piperidine rings is 1. The summed E-state index contributed by atoms with van der Waals surface area (Å²) in [7, 11) is 13.2. The number of amides is 1. The lowest BCUT2D eigenvalue weighted by atomic mass is 9.59. The van der Waals surface area contributed by atoms with Crippen molar-refractivity contribution in [2.24, 2.45) is 0 Å². The van der Waals surface area contributed by atoms with E-state index in [1.807, 2.05) is 17.0 Å². The molecule has 2 aliphatic heterocycles. The normalized spacial score (nSPS) is 21.1. The molecule has 2 aromatic rings. The molecule has 0 spiro atoms. The van der Waals surface area contributed by atoms with Crippen LogP contribution in [0.1, 0.15) is 50.0 Å². The Morgan fingerprint density at radius 3 is 2.56 bits per heavy atom. The molecule has 9 heteroatoms. The molecule has 4 radical (unpaired) electrons. The Labute approximate surface area is 206 Å². The maximum atomic E-state index is 12.7. The summed E-state index contributed by atoms with van der Waals surface area (Å²) < 4.78 is 0. The van der Waals surface area contributed by atoms with E-state index in [1.54, 1.807) is 30.6 Å². The molecule has 1 N–H and O–H groups in total. The summed E-state index contributed by atoms with van der Waals surface area (Å²) >= 11 is 0. The number of anilines is 2. The molecule has 2 saturated heterocycles. The van der Waals surface area contributed by atoms with Crippen LogP contribution in [-0.4, -0.2) is 91.5 Å². The Hall–Kier alpha value is -2.38. The van der Waals surface area contributed by atoms with Crippen LogP contribution >= 0.6 is 0 Å². The molecule has 0 unspecified atom stereocenters. The van der Waals surface area contributed by atoms with Crippen molar-refractivity contribution in [3.05, 3.63) is 48.4 Å². The maximum absolute atomic E-state index is 12.7. The van der Waals surface area contributed by atoms with Gasteiger partial charge in [-0.3, -0.25) is 14.7 Å². The fourth-order valence-corrected chi connectivity index (χ4v) is 4.98. The second-order valence-corrected chi connectivity index (χ2v) is 9.52. The van der Waals surface area contributed by atoms with Gasteiger partial charge in [0, 0.05) is 43.3 Å². The topological polar surface area (TPSA) is 64.6 Å². The highest BCUT2D eigenvalue weighted by atomic mass is 16.1. The average molecular weight is 456 g/mol. The predicted molar refractivity (Wildman–Crippen MR) is 139 cm³/mol. The van der Waals surface area contributed by atoms with E-state index in [1.165, 1.54) is 19.3 Å². The van der Waals surface area contributed by atoms with E-state index >= 15 is 0 Å². The van der Waals surface area contributed by atoms with Crippen molar-refractivity contribution in [1.29, 1.82) is 0 Å². The Morgan fingerprint density at radius 2 is 1.85 bits per heavy atom. The Bertz CT molecular complexity index is 951. The van der Waals surface area contributed by atoms with Gasteiger partial charge in [0.25, 0.3) is 5.91 Å². The predicted octanol–water partition coefficient (Wildman–Crippen LogP) is 2.49. The third kappa shape index (κ3) is 5.81. The van der Waals surface area contributed by atoms with Crippen LogP contribution in [0.4, 0.5) is 11.5 Å². The van der Waals surface area contributed by atoms with E-state index in [2.05, 4.69) is 38.9 Å². The first-order valence-electron chi connectivity index (χ1n) is 12.4. The van der Waals surface area contributed by atoms with Crippen LogP contribution in [0.5, 0.6) is 0 Å². The summed E-state index contributed by atoms with van der Waals surface area (Å²) in [6.45, 7) is 9.27. The van der Waals surface area contributed by atoms with Gasteiger partial charge in [-0.1, -0.05) is 13.0 Å². The van der Waals surface area contributed by atoms with Crippen LogP contribution in [0.2, 0.25) is 0 Å². The molecule has 0 aromatic carbocycles. The maximum Gasteiger partial charge on any atom is 0.274 e. The van der Waals surface area contributed by atoms with Gasteiger partial charge >= 0.3 is 0 Å². The zero-order valence-corrected chi connectivity index (χ0v) is 20.4. The first kappa shape index (κ1) is 24.7. The van der Waals surface area contributed by atoms with Gasteiger partial charge < -0.3 is 15.1 Å². The van der Waals surface area contributed by atoms with Gasteiger partial charge in [-0.15, -0.1) is 0 Å². The Morgan fingerprint density at radius 1 is 1.12 bits per heavy atom. The highest BCUT2D eigenvalue weighted by molar-refractivity contribution is 6.41. The number of aromatic nitrogens is 2. The van der Waals surface area contributed by atoms with Gasteiger partial charge in [-0.25, -0.2) is 4.98 Å². The first-order valence-corrected chi connectivity index (χ1v) is 12.4. The number of nitrogens with one attached hydrogen (secondary N) is 1. The van der Waals surface area contributed by atoms with Crippen molar-refractivity contribution in [1.82, 2.24) is 19.8 Å². The lowest BCUT2D eigenvalue weighted by molar-refractivity contribution is 0.0903. The molecule has 2 aliphatic rings. The van der Waals surface area contributed by atoms with Crippen LogP contribution in [0, 0.1) is 0 Å². The minimum absolute atomic E-state index is 0.280. The van der Waals surface area contributed by atoms with Gasteiger partial charge in [0.2, 0.25) is 0 Å². The quantitative estimate of drug-likeness (QED) is 0.675. The SMILES string of the molecule is [B]C1([B])CCN(C2CCN([C@@H](C)CC)CC2)CCN1c1cccc(C(=O)Nc2ccncc2)n1. The molecule has 2 aromatic heterocycles. The van der Waals surface area contributed by atoms with Crippen molar-refractivity contribution >= 4 is 33.1 Å². The minimum Gasteiger partial charge on any atom is -0.367 e. The molecule has 0 aliphatic carbocycles. The second-order valence-electron chi connectivity index (χ2n) is 9.52. The summed E-state index contributed by atoms with van der Waals surface area (Å²) in [6, 6.07) is 10.1. The second kappa shape index (κ2) is 10.9. The smallest absolute Gasteiger partial charge is 0.274 e. The molecular weight excluding hydrogens is 422 g/mol. The van der Waals surface area contributed by atoms with Crippen LogP contribution in [0.15, 0.2) is 42.7 Å². The largest absolute Gasteiger partial charge is 0.367 e. The van der Waals surface area contributed by atoms with E-state index in [-0.39, 0.29) is 5.91 Å². The fourth-order valence-electron chi connectivity index (χ4n) is 4.98. The molecule has 0 saturated carbocycles. The highest BCUT2D eigenvalue weighted by Crippen LogP contribution is 2.27. The Kier molecular flexibility index (Phi) is 7.94. The number of rotatable bonds is 6. The molecular formula is C25H34B2N6O. The number of carbonyl (C=O) groups is 1. The third-order valence-electron chi connectivity index (χ3n) is 7.32. The summed E-state index contributed by atoms with van der Waals surface area (Å²) in [5.74, 6) is 0.345. The minimum atomic E-state index is -1.03. The zero-order valence-electron chi connectivity index (χ0n) is 20.4. The molecule has 34 heavy (non-hydrogen) atoms. The number of hydrogen-bond donors (Lipinski definition) is 1. The van der Waals surface area contributed by atoms with E-state index in [0.29, 0.717) is 42.2 Å². The zero-order chi connectivity index (χ0) is 24.1. The van der Waals surface area contributed by atoms with Crippen LogP contribution < -0.4 is 10.2 Å². The monoisotopic (exact) mass is 456 g/mol. The average Bonchev–Trinajstić information content (AvgIpc) is 3.02. The van der Waals surface area contributed by atoms with Gasteiger partial charge in [0.05, 0.1) is 15.7 Å². The molecule has 0 bridgehead atoms. The number of likely N-dealkylation sites (tertiary alicyclic amines) is 1. The van der Waals surface area contributed by atoms with Gasteiger partial charge in [0.1, 0.15) is 11.5 Å². The lowest BCUT2D eigenvalue weighted by Crippen LogP contribution is -2.51. The van der Waals surface area contributed by atoms with E-state index in [0.717, 1.165) is 26.2 Å². The number of carbonyl (C=O) groups excluding carboxylic acids is 1. The molecule has 4 heterocycles. The van der Waals surface area contributed by atoms with Gasteiger partial charge in [-0.2, -0.15) is 0 Å². The summed E-state index contributed by atoms with van der Waals surface area (Å²) in [5, 5.41) is 1.82. The van der Waals surface area contributed by atoms with Gasteiger partial charge in [0.15, 0.2) is 0 Å². The summed E-state index contributed by atoms with van der Waals surface area (Å²) in [6.07, 6.45) is 7.44. The van der Waals surface area contributed by atoms with Crippen LogP contribution in [0.25, 0.3) is 0 Å². The number of hydrogen-bond acceptors (Lipinski definition) is 6. The van der Waals surface area contributed by atoms with E-state index in [9.17, 15) is 4.79 Å². The summed E-state index contributed by atoms with van der Waals surface area (Å²) in [5.41, 5.74) is 0.993. The molecule has 1 atom stereocenters. The van der Waals surface area contributed by atoms with E-state index < -0.39 is 5.34 Å². The van der Waals surface area contributed by atoms with Gasteiger partial charge in [-0.05, 0) is 81.8 Å². The first-order chi connectivity index (χ1) is 16.4. The van der Waals surface area contributed by atoms with Crippen molar-refractivity contribution in [2.75, 3.05) is 42.9 Å². The van der Waals surface area contributed by atoms with Crippen molar-refractivity contribution in [2.45, 2.75) is 57.0 Å². The third-order valence-corrected chi connectivity index (χ3v) is 7.32. The molecule has 7 nitrogen and oxygen atoms in total. The number of pyridine rings is 2. The summed E-state index contributed by atoms with van der Waals surface area (Å²) in [4.78, 5) is 28.4. The molecule has 1 amide bonds. The molecule has 4 rings (SSSR count). The standard InChI is InChI=1S/C25H34B2N6O/c1-3-19(2)31-14-9-21(10-15-31)32-16-11-25(26,27)33(18-17-32)23-6-4-5-22(30-23)24(34)29-20-7-12-28-13-8-20/h4-8,12-13,19,21H,3,9-11,14-18H2,1-2H3,(H,28,29,34)/t19-/m0/s1. The van der Waals surface area contributed by atoms with Crippen molar-refractivity contribution in [3.8, 4) is 0 Å². The highest BCUT2D eigenvalue weighted by Gasteiger charge is 2.34. The van der Waals surface area contributed by atoms with Crippen molar-refractivity contribution < 1.29 is 4.79 Å². The van der Waals surface area contributed by atoms with E-state index in [4.69, 9.17) is 15.7 Å². The fraction of sp³-hybridized carbons (Fsp3) is 0.560. The molecule has 2 fully saturated rings. The Balaban J connectivity index is 1.42. The lowest BCUT2D eigenvalue weighted by Gasteiger charge is -2.40.